The van der Waals surface area contributed by atoms with Crippen molar-refractivity contribution in [2.24, 2.45) is 0 Å². The first kappa shape index (κ1) is 15.3. The minimum absolute atomic E-state index is 0.122. The summed E-state index contributed by atoms with van der Waals surface area (Å²) in [6.45, 7) is 0.348. The smallest absolute Gasteiger partial charge is 0.246 e. The summed E-state index contributed by atoms with van der Waals surface area (Å²) in [5.41, 5.74) is 0.927. The van der Waals surface area contributed by atoms with Crippen LogP contribution in [0.4, 0.5) is 0 Å². The molecule has 1 amide bonds. The van der Waals surface area contributed by atoms with Gasteiger partial charge in [-0.2, -0.15) is 13.1 Å². The quantitative estimate of drug-likeness (QED) is 0.830. The Kier molecular flexibility index (Phi) is 3.87. The van der Waals surface area contributed by atoms with Crippen LogP contribution >= 0.6 is 11.7 Å². The van der Waals surface area contributed by atoms with Crippen molar-refractivity contribution < 1.29 is 13.2 Å². The highest BCUT2D eigenvalue weighted by molar-refractivity contribution is 7.89. The Hall–Kier alpha value is -1.58. The predicted octanol–water partition coefficient (Wildman–Crippen LogP) is 0.933. The number of hydrogen-bond acceptors (Lipinski definition) is 6. The van der Waals surface area contributed by atoms with Crippen molar-refractivity contribution in [3.8, 4) is 0 Å². The van der Waals surface area contributed by atoms with Gasteiger partial charge >= 0.3 is 0 Å². The number of likely N-dealkylation sites (N-methyl/N-ethyl adjacent to an activating group) is 1. The Labute approximate surface area is 132 Å². The summed E-state index contributed by atoms with van der Waals surface area (Å²) in [7, 11) is -0.502. The highest BCUT2D eigenvalue weighted by atomic mass is 32.2. The maximum atomic E-state index is 13.0. The Morgan fingerprint density at radius 2 is 2.14 bits per heavy atom. The fourth-order valence-corrected chi connectivity index (χ4v) is 5.09. The third-order valence-electron chi connectivity index (χ3n) is 3.77. The maximum absolute atomic E-state index is 13.0. The van der Waals surface area contributed by atoms with E-state index >= 15 is 0 Å². The van der Waals surface area contributed by atoms with Crippen LogP contribution in [0.2, 0.25) is 0 Å². The number of hydrogen-bond donors (Lipinski definition) is 0. The van der Waals surface area contributed by atoms with Gasteiger partial charge in [-0.25, -0.2) is 8.42 Å². The number of amides is 1. The molecule has 2 aromatic rings. The van der Waals surface area contributed by atoms with Crippen molar-refractivity contribution in [1.29, 1.82) is 0 Å². The molecule has 0 radical (unpaired) electrons. The third-order valence-corrected chi connectivity index (χ3v) is 6.25. The van der Waals surface area contributed by atoms with Crippen molar-refractivity contribution in [3.05, 3.63) is 18.2 Å². The van der Waals surface area contributed by atoms with Crippen molar-refractivity contribution in [2.75, 3.05) is 20.6 Å². The molecule has 1 saturated heterocycles. The second kappa shape index (κ2) is 5.56. The van der Waals surface area contributed by atoms with Crippen molar-refractivity contribution in [3.63, 3.8) is 0 Å². The van der Waals surface area contributed by atoms with Gasteiger partial charge in [0.05, 0.1) is 11.7 Å². The van der Waals surface area contributed by atoms with Crippen LogP contribution in [0, 0.1) is 0 Å². The van der Waals surface area contributed by atoms with Gasteiger partial charge in [0.25, 0.3) is 0 Å². The molecular formula is C13H16N4O3S2. The molecule has 1 fully saturated rings. The number of nitrogens with zero attached hydrogens (tertiary/aromatic N) is 4. The minimum Gasteiger partial charge on any atom is -0.347 e. The molecule has 1 aliphatic rings. The molecule has 1 aliphatic heterocycles. The molecule has 118 valence electrons. The van der Waals surface area contributed by atoms with E-state index in [1.165, 1.54) is 15.3 Å². The highest BCUT2D eigenvalue weighted by Gasteiger charge is 2.40. The van der Waals surface area contributed by atoms with Crippen LogP contribution in [0.25, 0.3) is 11.0 Å². The van der Waals surface area contributed by atoms with Crippen LogP contribution in [0.5, 0.6) is 0 Å². The van der Waals surface area contributed by atoms with E-state index in [1.807, 2.05) is 0 Å². The topological polar surface area (TPSA) is 83.5 Å². The van der Waals surface area contributed by atoms with Crippen LogP contribution in [0.3, 0.4) is 0 Å². The molecule has 1 unspecified atom stereocenters. The SMILES string of the molecule is CN(C)C(=O)C1CCCN1S(=O)(=O)c1cccc2nsnc12. The first-order valence-corrected chi connectivity index (χ1v) is 9.04. The number of carbonyl (C=O) groups is 1. The normalized spacial score (nSPS) is 19.6. The predicted molar refractivity (Wildman–Crippen MR) is 83.0 cm³/mol. The molecule has 0 bridgehead atoms. The zero-order chi connectivity index (χ0) is 15.9. The Morgan fingerprint density at radius 1 is 1.36 bits per heavy atom. The van der Waals surface area contributed by atoms with E-state index in [-0.39, 0.29) is 10.8 Å². The lowest BCUT2D eigenvalue weighted by Gasteiger charge is -2.25. The minimum atomic E-state index is -3.77. The Balaban J connectivity index is 2.06. The van der Waals surface area contributed by atoms with E-state index in [4.69, 9.17) is 0 Å². The van der Waals surface area contributed by atoms with Gasteiger partial charge in [0.1, 0.15) is 22.0 Å². The van der Waals surface area contributed by atoms with Crippen molar-refractivity contribution in [1.82, 2.24) is 18.0 Å². The summed E-state index contributed by atoms with van der Waals surface area (Å²) >= 11 is 0.980. The second-order valence-corrected chi connectivity index (χ2v) is 7.78. The van der Waals surface area contributed by atoms with Crippen LogP contribution in [0.1, 0.15) is 12.8 Å². The van der Waals surface area contributed by atoms with E-state index in [1.54, 1.807) is 26.2 Å². The summed E-state index contributed by atoms with van der Waals surface area (Å²) in [6.07, 6.45) is 1.22. The van der Waals surface area contributed by atoms with E-state index in [0.29, 0.717) is 30.4 Å². The van der Waals surface area contributed by atoms with Gasteiger partial charge in [-0.1, -0.05) is 6.07 Å². The zero-order valence-corrected chi connectivity index (χ0v) is 13.9. The van der Waals surface area contributed by atoms with Crippen molar-refractivity contribution in [2.45, 2.75) is 23.8 Å². The molecule has 0 N–H and O–H groups in total. The maximum Gasteiger partial charge on any atom is 0.246 e. The largest absolute Gasteiger partial charge is 0.347 e. The number of aromatic nitrogens is 2. The fraction of sp³-hybridized carbons (Fsp3) is 0.462. The van der Waals surface area contributed by atoms with E-state index in [0.717, 1.165) is 11.7 Å². The molecule has 0 saturated carbocycles. The second-order valence-electron chi connectivity index (χ2n) is 5.39. The number of benzene rings is 1. The molecular weight excluding hydrogens is 324 g/mol. The van der Waals surface area contributed by atoms with E-state index in [9.17, 15) is 13.2 Å². The first-order chi connectivity index (χ1) is 10.4. The zero-order valence-electron chi connectivity index (χ0n) is 12.3. The van der Waals surface area contributed by atoms with Gasteiger partial charge in [0.15, 0.2) is 0 Å². The van der Waals surface area contributed by atoms with Gasteiger partial charge in [-0.05, 0) is 25.0 Å². The molecule has 1 aromatic carbocycles. The summed E-state index contributed by atoms with van der Waals surface area (Å²) in [6, 6.07) is 4.26. The lowest BCUT2D eigenvalue weighted by molar-refractivity contribution is -0.132. The highest BCUT2D eigenvalue weighted by Crippen LogP contribution is 2.30. The fourth-order valence-electron chi connectivity index (χ4n) is 2.69. The molecule has 7 nitrogen and oxygen atoms in total. The summed E-state index contributed by atoms with van der Waals surface area (Å²) < 4.78 is 35.4. The molecule has 1 atom stereocenters. The Morgan fingerprint density at radius 3 is 2.86 bits per heavy atom. The lowest BCUT2D eigenvalue weighted by atomic mass is 10.2. The van der Waals surface area contributed by atoms with Crippen LogP contribution < -0.4 is 0 Å². The average molecular weight is 340 g/mol. The monoisotopic (exact) mass is 340 g/mol. The summed E-state index contributed by atoms with van der Waals surface area (Å²) in [5, 5.41) is 0. The molecule has 3 rings (SSSR count). The summed E-state index contributed by atoms with van der Waals surface area (Å²) in [5.74, 6) is -0.190. The number of rotatable bonds is 3. The van der Waals surface area contributed by atoms with Gasteiger partial charge in [0.2, 0.25) is 15.9 Å². The van der Waals surface area contributed by atoms with E-state index in [2.05, 4.69) is 8.75 Å². The van der Waals surface area contributed by atoms with E-state index < -0.39 is 16.1 Å². The number of sulfonamides is 1. The Bertz CT molecular complexity index is 816. The molecule has 0 spiro atoms. The molecule has 9 heteroatoms. The van der Waals surface area contributed by atoms with Crippen molar-refractivity contribution >= 4 is 38.7 Å². The number of carbonyl (C=O) groups excluding carboxylic acids is 1. The lowest BCUT2D eigenvalue weighted by Crippen LogP contribution is -2.45. The van der Waals surface area contributed by atoms with Gasteiger partial charge < -0.3 is 4.90 Å². The molecule has 0 aliphatic carbocycles. The summed E-state index contributed by atoms with van der Waals surface area (Å²) in [4.78, 5) is 13.8. The third kappa shape index (κ3) is 2.38. The molecule has 1 aromatic heterocycles. The van der Waals surface area contributed by atoms with Crippen LogP contribution in [-0.4, -0.2) is 59.0 Å². The van der Waals surface area contributed by atoms with Crippen LogP contribution in [-0.2, 0) is 14.8 Å². The number of fused-ring (bicyclic) bond motifs is 1. The molecule has 2 heterocycles. The first-order valence-electron chi connectivity index (χ1n) is 6.87. The van der Waals surface area contributed by atoms with Crippen LogP contribution in [0.15, 0.2) is 23.1 Å². The average Bonchev–Trinajstić information content (AvgIpc) is 3.14. The molecule has 22 heavy (non-hydrogen) atoms. The van der Waals surface area contributed by atoms with Gasteiger partial charge in [-0.3, -0.25) is 4.79 Å². The van der Waals surface area contributed by atoms with Gasteiger partial charge in [-0.15, -0.1) is 0 Å². The standard InChI is InChI=1S/C13H16N4O3S2/c1-16(2)13(18)10-6-4-8-17(10)22(19,20)11-7-3-5-9-12(11)15-21-14-9/h3,5,7,10H,4,6,8H2,1-2H3. The van der Waals surface area contributed by atoms with Gasteiger partial charge in [0, 0.05) is 20.6 Å².